The molecule has 0 nitrogen and oxygen atoms in total. The summed E-state index contributed by atoms with van der Waals surface area (Å²) in [5, 5.41) is 0. The molecule has 0 saturated carbocycles. The number of hydrogen-bond acceptors (Lipinski definition) is 0. The van der Waals surface area contributed by atoms with Crippen LogP contribution in [0.5, 0.6) is 0 Å². The maximum Gasteiger partial charge on any atom is -0.00241 e. The van der Waals surface area contributed by atoms with Gasteiger partial charge in [-0.1, -0.05) is 65.7 Å². The van der Waals surface area contributed by atoms with Gasteiger partial charge in [-0.25, -0.2) is 0 Å². The van der Waals surface area contributed by atoms with Crippen molar-refractivity contribution in [2.24, 2.45) is 16.2 Å². The third-order valence-corrected chi connectivity index (χ3v) is 5.24. The van der Waals surface area contributed by atoms with E-state index in [9.17, 15) is 0 Å². The van der Waals surface area contributed by atoms with E-state index >= 15 is 0 Å². The van der Waals surface area contributed by atoms with Gasteiger partial charge in [-0.05, 0) is 41.1 Å². The molecule has 0 radical (unpaired) electrons. The first-order valence-electron chi connectivity index (χ1n) is 6.99. The molecule has 0 amide bonds. The Hall–Kier alpha value is -0.520. The van der Waals surface area contributed by atoms with Crippen LogP contribution in [0.25, 0.3) is 0 Å². The van der Waals surface area contributed by atoms with Gasteiger partial charge in [0.15, 0.2) is 0 Å². The lowest BCUT2D eigenvalue weighted by molar-refractivity contribution is 0.157. The molecular weight excluding hydrogens is 204 g/mol. The molecule has 0 N–H and O–H groups in total. The lowest BCUT2D eigenvalue weighted by atomic mass is 9.64. The Bertz CT molecular complexity index is 393. The average molecular weight is 232 g/mol. The molecule has 0 saturated heterocycles. The summed E-state index contributed by atoms with van der Waals surface area (Å²) in [6.07, 6.45) is 6.44. The second kappa shape index (κ2) is 3.49. The highest BCUT2D eigenvalue weighted by molar-refractivity contribution is 5.48. The van der Waals surface area contributed by atoms with Gasteiger partial charge in [-0.15, -0.1) is 0 Å². The van der Waals surface area contributed by atoms with Crippen LogP contribution in [0.2, 0.25) is 0 Å². The van der Waals surface area contributed by atoms with Crippen molar-refractivity contribution in [2.45, 2.75) is 67.7 Å². The molecule has 0 spiro atoms. The van der Waals surface area contributed by atoms with Crippen LogP contribution < -0.4 is 0 Å². The first kappa shape index (κ1) is 12.9. The fourth-order valence-electron chi connectivity index (χ4n) is 3.22. The number of hydrogen-bond donors (Lipinski definition) is 0. The Balaban J connectivity index is 2.37. The molecule has 17 heavy (non-hydrogen) atoms. The zero-order chi connectivity index (χ0) is 13.1. The van der Waals surface area contributed by atoms with Crippen molar-refractivity contribution >= 4 is 0 Å². The summed E-state index contributed by atoms with van der Waals surface area (Å²) in [5.41, 5.74) is 6.13. The molecule has 1 unspecified atom stereocenters. The minimum atomic E-state index is 0.336. The van der Waals surface area contributed by atoms with Gasteiger partial charge in [-0.2, -0.15) is 0 Å². The van der Waals surface area contributed by atoms with Gasteiger partial charge in [0.25, 0.3) is 0 Å². The molecule has 2 aliphatic carbocycles. The van der Waals surface area contributed by atoms with Gasteiger partial charge in [0.05, 0.1) is 0 Å². The van der Waals surface area contributed by atoms with Crippen LogP contribution >= 0.6 is 0 Å². The highest BCUT2D eigenvalue weighted by atomic mass is 14.5. The summed E-state index contributed by atoms with van der Waals surface area (Å²) in [5.74, 6) is 0. The van der Waals surface area contributed by atoms with Gasteiger partial charge >= 0.3 is 0 Å². The first-order chi connectivity index (χ1) is 7.56. The SMILES string of the molecule is CC(C)(C)C1=CC2=C(CCC2(C)C(C)(C)C)C1. The summed E-state index contributed by atoms with van der Waals surface area (Å²) < 4.78 is 0. The molecule has 0 aromatic carbocycles. The zero-order valence-electron chi connectivity index (χ0n) is 12.7. The standard InChI is InChI=1S/C17H28/c1-15(2,3)13-10-12-8-9-17(7,14(12)11-13)16(4,5)6/h11H,8-10H2,1-7H3. The van der Waals surface area contributed by atoms with E-state index in [4.69, 9.17) is 0 Å². The van der Waals surface area contributed by atoms with Gasteiger partial charge in [0.1, 0.15) is 0 Å². The summed E-state index contributed by atoms with van der Waals surface area (Å²) in [7, 11) is 0. The molecule has 0 bridgehead atoms. The molecule has 1 atom stereocenters. The molecule has 2 aliphatic rings. The minimum Gasteiger partial charge on any atom is -0.0623 e. The van der Waals surface area contributed by atoms with E-state index in [-0.39, 0.29) is 0 Å². The van der Waals surface area contributed by atoms with E-state index in [0.29, 0.717) is 16.2 Å². The Morgan fingerprint density at radius 1 is 1.06 bits per heavy atom. The smallest absolute Gasteiger partial charge is 0.00241 e. The number of allylic oxidation sites excluding steroid dienone is 4. The first-order valence-corrected chi connectivity index (χ1v) is 6.99. The van der Waals surface area contributed by atoms with Crippen molar-refractivity contribution in [3.8, 4) is 0 Å². The molecule has 0 heterocycles. The predicted octanol–water partition coefficient (Wildman–Crippen LogP) is 5.51. The van der Waals surface area contributed by atoms with Crippen LogP contribution in [-0.4, -0.2) is 0 Å². The Kier molecular flexibility index (Phi) is 2.66. The van der Waals surface area contributed by atoms with Gasteiger partial charge in [0, 0.05) is 0 Å². The molecule has 0 aliphatic heterocycles. The summed E-state index contributed by atoms with van der Waals surface area (Å²) in [6.45, 7) is 16.7. The maximum absolute atomic E-state index is 2.54. The third kappa shape index (κ3) is 1.90. The van der Waals surface area contributed by atoms with E-state index < -0.39 is 0 Å². The van der Waals surface area contributed by atoms with Crippen molar-refractivity contribution in [3.63, 3.8) is 0 Å². The highest BCUT2D eigenvalue weighted by Crippen LogP contribution is 2.58. The minimum absolute atomic E-state index is 0.336. The van der Waals surface area contributed by atoms with Crippen molar-refractivity contribution < 1.29 is 0 Å². The lowest BCUT2D eigenvalue weighted by Crippen LogP contribution is -2.32. The van der Waals surface area contributed by atoms with Crippen molar-refractivity contribution in [1.29, 1.82) is 0 Å². The van der Waals surface area contributed by atoms with E-state index in [2.05, 4.69) is 54.5 Å². The van der Waals surface area contributed by atoms with Crippen molar-refractivity contribution in [3.05, 3.63) is 22.8 Å². The van der Waals surface area contributed by atoms with Crippen LogP contribution in [0.4, 0.5) is 0 Å². The highest BCUT2D eigenvalue weighted by Gasteiger charge is 2.46. The van der Waals surface area contributed by atoms with Crippen molar-refractivity contribution in [1.82, 2.24) is 0 Å². The van der Waals surface area contributed by atoms with Crippen LogP contribution in [-0.2, 0) is 0 Å². The molecule has 96 valence electrons. The van der Waals surface area contributed by atoms with Crippen LogP contribution in [0.3, 0.4) is 0 Å². The molecular formula is C17H28. The normalized spacial score (nSPS) is 29.7. The largest absolute Gasteiger partial charge is 0.0623 e. The number of rotatable bonds is 0. The summed E-state index contributed by atoms with van der Waals surface area (Å²) >= 11 is 0. The topological polar surface area (TPSA) is 0 Å². The average Bonchev–Trinajstić information content (AvgIpc) is 2.64. The Morgan fingerprint density at radius 3 is 2.12 bits per heavy atom. The van der Waals surface area contributed by atoms with E-state index in [1.54, 1.807) is 16.7 Å². The van der Waals surface area contributed by atoms with Gasteiger partial charge in [0.2, 0.25) is 0 Å². The maximum atomic E-state index is 2.54. The summed E-state index contributed by atoms with van der Waals surface area (Å²) in [4.78, 5) is 0. The summed E-state index contributed by atoms with van der Waals surface area (Å²) in [6, 6.07) is 0. The Labute approximate surface area is 107 Å². The molecule has 0 aromatic heterocycles. The predicted molar refractivity (Wildman–Crippen MR) is 76.0 cm³/mol. The van der Waals surface area contributed by atoms with Crippen LogP contribution in [0.15, 0.2) is 22.8 Å². The molecule has 0 fully saturated rings. The second-order valence-electron chi connectivity index (χ2n) is 8.20. The zero-order valence-corrected chi connectivity index (χ0v) is 12.7. The fourth-order valence-corrected chi connectivity index (χ4v) is 3.22. The van der Waals surface area contributed by atoms with Crippen LogP contribution in [0.1, 0.15) is 67.7 Å². The van der Waals surface area contributed by atoms with Crippen LogP contribution in [0, 0.1) is 16.2 Å². The second-order valence-corrected chi connectivity index (χ2v) is 8.20. The van der Waals surface area contributed by atoms with Gasteiger partial charge < -0.3 is 0 Å². The van der Waals surface area contributed by atoms with E-state index in [1.165, 1.54) is 19.3 Å². The Morgan fingerprint density at radius 2 is 1.65 bits per heavy atom. The molecule has 2 rings (SSSR count). The molecule has 0 heteroatoms. The van der Waals surface area contributed by atoms with Gasteiger partial charge in [-0.3, -0.25) is 0 Å². The van der Waals surface area contributed by atoms with E-state index in [0.717, 1.165) is 0 Å². The quantitative estimate of drug-likeness (QED) is 0.517. The molecule has 0 aromatic rings. The lowest BCUT2D eigenvalue weighted by Gasteiger charge is -2.40. The van der Waals surface area contributed by atoms with Crippen molar-refractivity contribution in [2.75, 3.05) is 0 Å². The fraction of sp³-hybridized carbons (Fsp3) is 0.765. The third-order valence-electron chi connectivity index (χ3n) is 5.24. The monoisotopic (exact) mass is 232 g/mol. The van der Waals surface area contributed by atoms with E-state index in [1.807, 2.05) is 0 Å².